The van der Waals surface area contributed by atoms with Crippen LogP contribution in [0.5, 0.6) is 0 Å². The van der Waals surface area contributed by atoms with Crippen LogP contribution in [-0.2, 0) is 14.4 Å². The van der Waals surface area contributed by atoms with Crippen LogP contribution < -0.4 is 0 Å². The van der Waals surface area contributed by atoms with Gasteiger partial charge in [-0.25, -0.2) is 0 Å². The second-order valence-electron chi connectivity index (χ2n) is 6.69. The summed E-state index contributed by atoms with van der Waals surface area (Å²) in [5, 5.41) is 1.44. The fourth-order valence-electron chi connectivity index (χ4n) is 3.20. The van der Waals surface area contributed by atoms with Crippen LogP contribution in [0.15, 0.2) is 29.2 Å². The first-order valence-corrected chi connectivity index (χ1v) is 10.1. The SMILES string of the molecule is Cc1ccc(S(=O)(=O)ON(C)CCCCC2CCCCC2)cc1. The number of rotatable bonds is 8. The molecule has 0 atom stereocenters. The number of hydrogen-bond donors (Lipinski definition) is 0. The molecule has 1 aromatic rings. The van der Waals surface area contributed by atoms with Crippen molar-refractivity contribution >= 4 is 10.1 Å². The molecule has 2 rings (SSSR count). The van der Waals surface area contributed by atoms with Gasteiger partial charge in [0.1, 0.15) is 0 Å². The van der Waals surface area contributed by atoms with Gasteiger partial charge < -0.3 is 0 Å². The van der Waals surface area contributed by atoms with Crippen molar-refractivity contribution in [3.63, 3.8) is 0 Å². The van der Waals surface area contributed by atoms with Gasteiger partial charge in [-0.05, 0) is 31.4 Å². The molecule has 4 nitrogen and oxygen atoms in total. The zero-order chi connectivity index (χ0) is 16.7. The molecule has 0 spiro atoms. The Morgan fingerprint density at radius 2 is 1.74 bits per heavy atom. The Hall–Kier alpha value is -0.910. The minimum atomic E-state index is -3.71. The van der Waals surface area contributed by atoms with Crippen LogP contribution >= 0.6 is 0 Å². The quantitative estimate of drug-likeness (QED) is 0.523. The molecule has 1 fully saturated rings. The molecule has 1 aliphatic carbocycles. The van der Waals surface area contributed by atoms with Gasteiger partial charge in [0.25, 0.3) is 0 Å². The molecule has 1 saturated carbocycles. The Morgan fingerprint density at radius 3 is 2.39 bits per heavy atom. The highest BCUT2D eigenvalue weighted by Crippen LogP contribution is 2.27. The van der Waals surface area contributed by atoms with E-state index in [9.17, 15) is 8.42 Å². The molecular weight excluding hydrogens is 310 g/mol. The van der Waals surface area contributed by atoms with Gasteiger partial charge in [-0.3, -0.25) is 0 Å². The molecule has 1 aliphatic rings. The minimum absolute atomic E-state index is 0.206. The first kappa shape index (κ1) is 18.4. The lowest BCUT2D eigenvalue weighted by Gasteiger charge is -2.22. The zero-order valence-corrected chi connectivity index (χ0v) is 15.1. The molecule has 130 valence electrons. The van der Waals surface area contributed by atoms with E-state index < -0.39 is 10.1 Å². The molecule has 0 unspecified atom stereocenters. The highest BCUT2D eigenvalue weighted by molar-refractivity contribution is 7.86. The van der Waals surface area contributed by atoms with Gasteiger partial charge in [0.05, 0.1) is 4.90 Å². The largest absolute Gasteiger partial charge is 0.313 e. The van der Waals surface area contributed by atoms with Crippen LogP contribution in [0, 0.1) is 12.8 Å². The van der Waals surface area contributed by atoms with Gasteiger partial charge in [0, 0.05) is 13.6 Å². The summed E-state index contributed by atoms with van der Waals surface area (Å²) in [7, 11) is -2.02. The third-order valence-corrected chi connectivity index (χ3v) is 5.90. The molecule has 23 heavy (non-hydrogen) atoms. The van der Waals surface area contributed by atoms with Gasteiger partial charge in [-0.2, -0.15) is 17.8 Å². The number of nitrogens with zero attached hydrogens (tertiary/aromatic N) is 1. The summed E-state index contributed by atoms with van der Waals surface area (Å²) in [4.78, 5) is 0.206. The molecule has 1 aromatic carbocycles. The summed E-state index contributed by atoms with van der Waals surface area (Å²) < 4.78 is 29.5. The fourth-order valence-corrected chi connectivity index (χ4v) is 4.16. The number of aryl methyl sites for hydroxylation is 1. The second kappa shape index (κ2) is 8.81. The predicted octanol–water partition coefficient (Wildman–Crippen LogP) is 4.30. The van der Waals surface area contributed by atoms with Crippen molar-refractivity contribution in [2.24, 2.45) is 5.92 Å². The smallest absolute Gasteiger partial charge is 0.192 e. The summed E-state index contributed by atoms with van der Waals surface area (Å²) >= 11 is 0. The number of benzene rings is 1. The summed E-state index contributed by atoms with van der Waals surface area (Å²) in [6.07, 6.45) is 10.3. The van der Waals surface area contributed by atoms with E-state index in [1.165, 1.54) is 43.6 Å². The van der Waals surface area contributed by atoms with Gasteiger partial charge in [-0.15, -0.1) is 0 Å². The maximum Gasteiger partial charge on any atom is 0.313 e. The van der Waals surface area contributed by atoms with Crippen LogP contribution in [0.3, 0.4) is 0 Å². The average molecular weight is 340 g/mol. The Labute approximate surface area is 140 Å². The van der Waals surface area contributed by atoms with Crippen molar-refractivity contribution in [2.75, 3.05) is 13.6 Å². The Kier molecular flexibility index (Phi) is 7.06. The van der Waals surface area contributed by atoms with Gasteiger partial charge in [0.15, 0.2) is 0 Å². The minimum Gasteiger partial charge on any atom is -0.192 e. The molecule has 0 radical (unpaired) electrons. The molecule has 0 aromatic heterocycles. The Balaban J connectivity index is 1.71. The van der Waals surface area contributed by atoms with E-state index in [4.69, 9.17) is 4.28 Å². The van der Waals surface area contributed by atoms with Crippen molar-refractivity contribution in [3.8, 4) is 0 Å². The molecule has 0 bridgehead atoms. The van der Waals surface area contributed by atoms with E-state index >= 15 is 0 Å². The van der Waals surface area contributed by atoms with E-state index in [1.807, 2.05) is 6.92 Å². The maximum atomic E-state index is 12.2. The zero-order valence-electron chi connectivity index (χ0n) is 14.3. The fraction of sp³-hybridized carbons (Fsp3) is 0.667. The Morgan fingerprint density at radius 1 is 1.09 bits per heavy atom. The summed E-state index contributed by atoms with van der Waals surface area (Å²) in [5.41, 5.74) is 1.03. The van der Waals surface area contributed by atoms with E-state index in [0.29, 0.717) is 6.54 Å². The topological polar surface area (TPSA) is 46.6 Å². The van der Waals surface area contributed by atoms with Crippen LogP contribution in [-0.4, -0.2) is 27.1 Å². The average Bonchev–Trinajstić information content (AvgIpc) is 2.52. The number of unbranched alkanes of at least 4 members (excludes halogenated alkanes) is 1. The van der Waals surface area contributed by atoms with Crippen molar-refractivity contribution in [1.82, 2.24) is 5.06 Å². The van der Waals surface area contributed by atoms with E-state index in [2.05, 4.69) is 0 Å². The van der Waals surface area contributed by atoms with Gasteiger partial charge in [-0.1, -0.05) is 62.6 Å². The summed E-state index contributed by atoms with van der Waals surface area (Å²) in [6, 6.07) is 6.73. The highest BCUT2D eigenvalue weighted by Gasteiger charge is 2.18. The maximum absolute atomic E-state index is 12.2. The van der Waals surface area contributed by atoms with Gasteiger partial charge in [0.2, 0.25) is 0 Å². The third-order valence-electron chi connectivity index (χ3n) is 4.60. The lowest BCUT2D eigenvalue weighted by Crippen LogP contribution is -2.24. The summed E-state index contributed by atoms with van der Waals surface area (Å²) in [5.74, 6) is 0.881. The molecule has 5 heteroatoms. The Bertz CT molecular complexity index is 562. The van der Waals surface area contributed by atoms with Crippen LogP contribution in [0.2, 0.25) is 0 Å². The lowest BCUT2D eigenvalue weighted by atomic mass is 9.86. The van der Waals surface area contributed by atoms with Crippen molar-refractivity contribution < 1.29 is 12.7 Å². The van der Waals surface area contributed by atoms with E-state index in [1.54, 1.807) is 31.3 Å². The number of hydrogen-bond acceptors (Lipinski definition) is 4. The van der Waals surface area contributed by atoms with Crippen LogP contribution in [0.1, 0.15) is 56.9 Å². The first-order valence-electron chi connectivity index (χ1n) is 8.70. The highest BCUT2D eigenvalue weighted by atomic mass is 32.2. The molecule has 0 aliphatic heterocycles. The van der Waals surface area contributed by atoms with Crippen molar-refractivity contribution in [1.29, 1.82) is 0 Å². The first-order chi connectivity index (χ1) is 11.0. The molecule has 0 saturated heterocycles. The van der Waals surface area contributed by atoms with E-state index in [-0.39, 0.29) is 4.90 Å². The normalized spacial score (nSPS) is 16.8. The van der Waals surface area contributed by atoms with Crippen LogP contribution in [0.25, 0.3) is 0 Å². The van der Waals surface area contributed by atoms with Crippen molar-refractivity contribution in [2.45, 2.75) is 63.2 Å². The molecular formula is C18H29NO3S. The predicted molar refractivity (Wildman–Crippen MR) is 92.5 cm³/mol. The lowest BCUT2D eigenvalue weighted by molar-refractivity contribution is -0.0254. The summed E-state index contributed by atoms with van der Waals surface area (Å²) in [6.45, 7) is 2.56. The third kappa shape index (κ3) is 6.24. The van der Waals surface area contributed by atoms with Crippen LogP contribution in [0.4, 0.5) is 0 Å². The standard InChI is InChI=1S/C18H29NO3S/c1-16-11-13-18(14-12-16)23(20,21)22-19(2)15-7-6-10-17-8-4-3-5-9-17/h11-14,17H,3-10,15H2,1-2H3. The van der Waals surface area contributed by atoms with Crippen molar-refractivity contribution in [3.05, 3.63) is 29.8 Å². The molecule has 0 N–H and O–H groups in total. The van der Waals surface area contributed by atoms with E-state index in [0.717, 1.165) is 24.3 Å². The molecule has 0 heterocycles. The monoisotopic (exact) mass is 339 g/mol. The molecule has 0 amide bonds. The van der Waals surface area contributed by atoms with Gasteiger partial charge >= 0.3 is 10.1 Å². The number of hydroxylamine groups is 2. The second-order valence-corrected chi connectivity index (χ2v) is 8.22.